The van der Waals surface area contributed by atoms with E-state index in [1.165, 1.54) is 0 Å². The monoisotopic (exact) mass is 340 g/mol. The summed E-state index contributed by atoms with van der Waals surface area (Å²) in [6.07, 6.45) is 0.606. The molecule has 20 heavy (non-hydrogen) atoms. The van der Waals surface area contributed by atoms with Crippen molar-refractivity contribution in [3.63, 3.8) is 0 Å². The Bertz CT molecular complexity index is 501. The molecule has 0 radical (unpaired) electrons. The highest BCUT2D eigenvalue weighted by atomic mass is 79.9. The molecule has 1 atom stereocenters. The van der Waals surface area contributed by atoms with Crippen molar-refractivity contribution in [3.05, 3.63) is 33.8 Å². The Labute approximate surface area is 128 Å². The molecule has 0 heterocycles. The van der Waals surface area contributed by atoms with E-state index in [9.17, 15) is 9.59 Å². The number of nitrogens with one attached hydrogen (secondary N) is 2. The van der Waals surface area contributed by atoms with Gasteiger partial charge in [0.2, 0.25) is 5.91 Å². The molecule has 1 unspecified atom stereocenters. The fourth-order valence-electron chi connectivity index (χ4n) is 1.93. The number of rotatable bonds is 5. The topological polar surface area (TPSA) is 58.2 Å². The van der Waals surface area contributed by atoms with Crippen LogP contribution >= 0.6 is 15.9 Å². The Morgan fingerprint density at radius 3 is 2.50 bits per heavy atom. The van der Waals surface area contributed by atoms with Gasteiger partial charge in [-0.25, -0.2) is 0 Å². The molecular weight excluding hydrogens is 320 g/mol. The SMILES string of the molecule is CNC(=O)C(CC(C)C)NC(=O)c1cc(C)ccc1Br. The van der Waals surface area contributed by atoms with Gasteiger partial charge in [0, 0.05) is 11.5 Å². The van der Waals surface area contributed by atoms with E-state index in [-0.39, 0.29) is 11.8 Å². The highest BCUT2D eigenvalue weighted by Crippen LogP contribution is 2.18. The van der Waals surface area contributed by atoms with Crippen LogP contribution in [0.5, 0.6) is 0 Å². The lowest BCUT2D eigenvalue weighted by Gasteiger charge is -2.19. The fourth-order valence-corrected chi connectivity index (χ4v) is 2.35. The molecule has 0 fully saturated rings. The molecule has 0 aromatic heterocycles. The second-order valence-corrected chi connectivity index (χ2v) is 6.11. The number of hydrogen-bond donors (Lipinski definition) is 2. The van der Waals surface area contributed by atoms with Crippen LogP contribution in [0.15, 0.2) is 22.7 Å². The lowest BCUT2D eigenvalue weighted by molar-refractivity contribution is -0.122. The van der Waals surface area contributed by atoms with Crippen LogP contribution in [0.4, 0.5) is 0 Å². The average Bonchev–Trinajstić information content (AvgIpc) is 2.39. The van der Waals surface area contributed by atoms with E-state index in [0.717, 1.165) is 10.0 Å². The summed E-state index contributed by atoms with van der Waals surface area (Å²) in [6.45, 7) is 5.96. The van der Waals surface area contributed by atoms with E-state index in [4.69, 9.17) is 0 Å². The number of likely N-dealkylation sites (N-methyl/N-ethyl adjacent to an activating group) is 1. The summed E-state index contributed by atoms with van der Waals surface area (Å²) in [4.78, 5) is 24.1. The molecule has 0 saturated heterocycles. The summed E-state index contributed by atoms with van der Waals surface area (Å²) >= 11 is 3.36. The van der Waals surface area contributed by atoms with Gasteiger partial charge in [0.05, 0.1) is 5.56 Å². The molecule has 110 valence electrons. The highest BCUT2D eigenvalue weighted by molar-refractivity contribution is 9.10. The highest BCUT2D eigenvalue weighted by Gasteiger charge is 2.22. The first-order chi connectivity index (χ1) is 9.35. The predicted molar refractivity (Wildman–Crippen MR) is 83.7 cm³/mol. The van der Waals surface area contributed by atoms with Gasteiger partial charge in [-0.15, -0.1) is 0 Å². The number of hydrogen-bond acceptors (Lipinski definition) is 2. The number of carbonyl (C=O) groups excluding carboxylic acids is 2. The van der Waals surface area contributed by atoms with Gasteiger partial charge in [-0.3, -0.25) is 9.59 Å². The molecule has 0 bridgehead atoms. The Hall–Kier alpha value is -1.36. The number of carbonyl (C=O) groups is 2. The van der Waals surface area contributed by atoms with E-state index in [0.29, 0.717) is 17.9 Å². The Balaban J connectivity index is 2.90. The molecule has 0 aliphatic carbocycles. The molecule has 4 nitrogen and oxygen atoms in total. The minimum Gasteiger partial charge on any atom is -0.357 e. The van der Waals surface area contributed by atoms with Crippen LogP contribution in [0, 0.1) is 12.8 Å². The fraction of sp³-hybridized carbons (Fsp3) is 0.467. The summed E-state index contributed by atoms with van der Waals surface area (Å²) in [7, 11) is 1.57. The van der Waals surface area contributed by atoms with Crippen LogP contribution in [0.25, 0.3) is 0 Å². The summed E-state index contributed by atoms with van der Waals surface area (Å²) < 4.78 is 0.723. The van der Waals surface area contributed by atoms with Crippen LogP contribution in [0.1, 0.15) is 36.2 Å². The van der Waals surface area contributed by atoms with Gasteiger partial charge in [-0.1, -0.05) is 25.5 Å². The molecule has 0 aliphatic rings. The number of benzene rings is 1. The van der Waals surface area contributed by atoms with Crippen molar-refractivity contribution in [2.45, 2.75) is 33.2 Å². The summed E-state index contributed by atoms with van der Waals surface area (Å²) in [5.74, 6) is -0.0933. The maximum Gasteiger partial charge on any atom is 0.253 e. The molecular formula is C15H21BrN2O2. The third-order valence-corrected chi connectivity index (χ3v) is 3.63. The van der Waals surface area contributed by atoms with Gasteiger partial charge in [-0.05, 0) is 47.3 Å². The van der Waals surface area contributed by atoms with E-state index < -0.39 is 6.04 Å². The summed E-state index contributed by atoms with van der Waals surface area (Å²) in [5, 5.41) is 5.39. The Morgan fingerprint density at radius 2 is 1.95 bits per heavy atom. The van der Waals surface area contributed by atoms with Crippen LogP contribution < -0.4 is 10.6 Å². The number of aryl methyl sites for hydroxylation is 1. The average molecular weight is 341 g/mol. The molecule has 0 aliphatic heterocycles. The van der Waals surface area contributed by atoms with Gasteiger partial charge in [0.25, 0.3) is 5.91 Å². The van der Waals surface area contributed by atoms with Gasteiger partial charge < -0.3 is 10.6 Å². The molecule has 1 aromatic carbocycles. The standard InChI is InChI=1S/C15H21BrN2O2/c1-9(2)7-13(15(20)17-4)18-14(19)11-8-10(3)5-6-12(11)16/h5-6,8-9,13H,7H2,1-4H3,(H,17,20)(H,18,19). The van der Waals surface area contributed by atoms with Crippen LogP contribution in [-0.4, -0.2) is 24.9 Å². The Morgan fingerprint density at radius 1 is 1.30 bits per heavy atom. The maximum atomic E-state index is 12.3. The van der Waals surface area contributed by atoms with Crippen molar-refractivity contribution >= 4 is 27.7 Å². The number of amides is 2. The van der Waals surface area contributed by atoms with E-state index in [1.54, 1.807) is 13.1 Å². The van der Waals surface area contributed by atoms with Crippen molar-refractivity contribution in [1.29, 1.82) is 0 Å². The second-order valence-electron chi connectivity index (χ2n) is 5.25. The zero-order valence-corrected chi connectivity index (χ0v) is 13.9. The summed E-state index contributed by atoms with van der Waals surface area (Å²) in [6, 6.07) is 5.04. The molecule has 2 amide bonds. The maximum absolute atomic E-state index is 12.3. The van der Waals surface area contributed by atoms with E-state index >= 15 is 0 Å². The van der Waals surface area contributed by atoms with Gasteiger partial charge in [-0.2, -0.15) is 0 Å². The van der Waals surface area contributed by atoms with Crippen molar-refractivity contribution in [3.8, 4) is 0 Å². The van der Waals surface area contributed by atoms with Crippen LogP contribution in [-0.2, 0) is 4.79 Å². The molecule has 1 rings (SSSR count). The molecule has 0 saturated carbocycles. The van der Waals surface area contributed by atoms with Crippen LogP contribution in [0.2, 0.25) is 0 Å². The second kappa shape index (κ2) is 7.43. The van der Waals surface area contributed by atoms with Crippen LogP contribution in [0.3, 0.4) is 0 Å². The van der Waals surface area contributed by atoms with Crippen molar-refractivity contribution < 1.29 is 9.59 Å². The summed E-state index contributed by atoms with van der Waals surface area (Å²) in [5.41, 5.74) is 1.54. The molecule has 0 spiro atoms. The Kier molecular flexibility index (Phi) is 6.20. The molecule has 1 aromatic rings. The quantitative estimate of drug-likeness (QED) is 0.865. The third kappa shape index (κ3) is 4.63. The lowest BCUT2D eigenvalue weighted by atomic mass is 10.0. The minimum atomic E-state index is -0.514. The third-order valence-electron chi connectivity index (χ3n) is 2.94. The van der Waals surface area contributed by atoms with Crippen molar-refractivity contribution in [2.75, 3.05) is 7.05 Å². The first-order valence-corrected chi connectivity index (χ1v) is 7.43. The van der Waals surface area contributed by atoms with E-state index in [2.05, 4.69) is 26.6 Å². The van der Waals surface area contributed by atoms with Crippen molar-refractivity contribution in [1.82, 2.24) is 10.6 Å². The van der Waals surface area contributed by atoms with Gasteiger partial charge in [0.1, 0.15) is 6.04 Å². The smallest absolute Gasteiger partial charge is 0.253 e. The zero-order valence-electron chi connectivity index (χ0n) is 12.3. The molecule has 5 heteroatoms. The van der Waals surface area contributed by atoms with Gasteiger partial charge >= 0.3 is 0 Å². The zero-order chi connectivity index (χ0) is 15.3. The predicted octanol–water partition coefficient (Wildman–Crippen LogP) is 2.65. The van der Waals surface area contributed by atoms with E-state index in [1.807, 2.05) is 32.9 Å². The lowest BCUT2D eigenvalue weighted by Crippen LogP contribution is -2.46. The van der Waals surface area contributed by atoms with Crippen molar-refractivity contribution in [2.24, 2.45) is 5.92 Å². The van der Waals surface area contributed by atoms with Gasteiger partial charge in [0.15, 0.2) is 0 Å². The normalized spacial score (nSPS) is 12.1. The number of halogens is 1. The first-order valence-electron chi connectivity index (χ1n) is 6.63. The largest absolute Gasteiger partial charge is 0.357 e. The molecule has 2 N–H and O–H groups in total. The minimum absolute atomic E-state index is 0.171. The first kappa shape index (κ1) is 16.7.